The van der Waals surface area contributed by atoms with E-state index < -0.39 is 7.94 Å². The summed E-state index contributed by atoms with van der Waals surface area (Å²) < 4.78 is 21.1. The SMILES string of the molecule is CC[C@H]1O[C@@H](n2cnc3c(O[P+](N(C)C)(N(C)C)N(C)C)ncnc32)CC1C. The van der Waals surface area contributed by atoms with Crippen molar-refractivity contribution in [3.63, 3.8) is 0 Å². The maximum absolute atomic E-state index is 6.56. The maximum atomic E-state index is 6.56. The zero-order chi connectivity index (χ0) is 20.6. The summed E-state index contributed by atoms with van der Waals surface area (Å²) in [5.41, 5.74) is 1.40. The molecule has 1 saturated heterocycles. The Morgan fingerprint density at radius 2 is 1.75 bits per heavy atom. The molecule has 0 aromatic carbocycles. The van der Waals surface area contributed by atoms with E-state index in [0.717, 1.165) is 18.5 Å². The third-order valence-electron chi connectivity index (χ3n) is 5.35. The highest BCUT2D eigenvalue weighted by Gasteiger charge is 2.53. The molecule has 3 atom stereocenters. The zero-order valence-electron chi connectivity index (χ0n) is 18.2. The number of aromatic nitrogens is 4. The van der Waals surface area contributed by atoms with E-state index in [2.05, 4.69) is 42.8 Å². The van der Waals surface area contributed by atoms with Crippen LogP contribution in [0.2, 0.25) is 0 Å². The van der Waals surface area contributed by atoms with Gasteiger partial charge in [-0.1, -0.05) is 13.8 Å². The van der Waals surface area contributed by atoms with Crippen LogP contribution in [0.1, 0.15) is 32.9 Å². The highest BCUT2D eigenvalue weighted by molar-refractivity contribution is 7.64. The van der Waals surface area contributed by atoms with Crippen molar-refractivity contribution >= 4 is 19.1 Å². The van der Waals surface area contributed by atoms with Gasteiger partial charge >= 0.3 is 13.8 Å². The third kappa shape index (κ3) is 3.50. The summed E-state index contributed by atoms with van der Waals surface area (Å²) in [5, 5.41) is 0. The van der Waals surface area contributed by atoms with Crippen molar-refractivity contribution in [2.24, 2.45) is 5.92 Å². The summed E-state index contributed by atoms with van der Waals surface area (Å²) in [6, 6.07) is 0. The van der Waals surface area contributed by atoms with Gasteiger partial charge in [-0.3, -0.25) is 9.09 Å². The lowest BCUT2D eigenvalue weighted by Gasteiger charge is -2.36. The van der Waals surface area contributed by atoms with Gasteiger partial charge in [0.05, 0.1) is 12.4 Å². The number of hydrogen-bond donors (Lipinski definition) is 0. The molecular formula is C18H33N7O2P+. The monoisotopic (exact) mass is 410 g/mol. The second kappa shape index (κ2) is 8.16. The first-order chi connectivity index (χ1) is 13.2. The Hall–Kier alpha value is -1.38. The highest BCUT2D eigenvalue weighted by atomic mass is 31.2. The summed E-state index contributed by atoms with van der Waals surface area (Å²) in [6.07, 6.45) is 5.52. The van der Waals surface area contributed by atoms with Crippen LogP contribution < -0.4 is 4.52 Å². The summed E-state index contributed by atoms with van der Waals surface area (Å²) in [6.45, 7) is 4.40. The molecule has 1 fully saturated rings. The van der Waals surface area contributed by atoms with Crippen LogP contribution in [0.15, 0.2) is 12.7 Å². The quantitative estimate of drug-likeness (QED) is 0.646. The Morgan fingerprint density at radius 3 is 2.29 bits per heavy atom. The van der Waals surface area contributed by atoms with Crippen molar-refractivity contribution in [2.75, 3.05) is 42.3 Å². The van der Waals surface area contributed by atoms with Crippen LogP contribution >= 0.6 is 7.94 Å². The molecule has 9 nitrogen and oxygen atoms in total. The normalized spacial score (nSPS) is 23.5. The van der Waals surface area contributed by atoms with Gasteiger partial charge < -0.3 is 4.74 Å². The van der Waals surface area contributed by atoms with Crippen LogP contribution in [0.25, 0.3) is 11.2 Å². The Bertz CT molecular complexity index is 789. The van der Waals surface area contributed by atoms with Gasteiger partial charge in [0.25, 0.3) is 0 Å². The standard InChI is InChI=1S/C18H33N7O2P/c1-9-14-13(2)10-15(26-14)25-12-21-16-17(25)19-11-20-18(16)27-28(22(3)4,23(5)6)24(7)8/h11-15H,9-10H2,1-8H3/q+1/t13?,14-,15-/m1/s1. The Labute approximate surface area is 168 Å². The van der Waals surface area contributed by atoms with Gasteiger partial charge in [-0.2, -0.15) is 4.98 Å². The third-order valence-corrected chi connectivity index (χ3v) is 8.89. The molecule has 2 aromatic heterocycles. The van der Waals surface area contributed by atoms with Gasteiger partial charge in [-0.05, 0) is 18.8 Å². The maximum Gasteiger partial charge on any atom is 0.418 e. The first-order valence-corrected chi connectivity index (χ1v) is 11.2. The molecule has 0 aliphatic carbocycles. The number of ether oxygens (including phenoxy) is 1. The predicted octanol–water partition coefficient (Wildman–Crippen LogP) is 2.90. The Balaban J connectivity index is 1.99. The van der Waals surface area contributed by atoms with E-state index in [4.69, 9.17) is 9.26 Å². The molecule has 0 spiro atoms. The van der Waals surface area contributed by atoms with Crippen LogP contribution in [0.5, 0.6) is 5.88 Å². The molecule has 2 aromatic rings. The number of nitrogens with zero attached hydrogens (tertiary/aromatic N) is 7. The molecule has 156 valence electrons. The molecule has 0 radical (unpaired) electrons. The predicted molar refractivity (Wildman–Crippen MR) is 112 cm³/mol. The fourth-order valence-electron chi connectivity index (χ4n) is 4.08. The van der Waals surface area contributed by atoms with Gasteiger partial charge in [0.15, 0.2) is 11.2 Å². The molecule has 0 N–H and O–H groups in total. The second-order valence-electron chi connectivity index (χ2n) is 7.90. The van der Waals surface area contributed by atoms with Crippen molar-refractivity contribution < 1.29 is 9.26 Å². The second-order valence-corrected chi connectivity index (χ2v) is 11.5. The Kier molecular flexibility index (Phi) is 6.22. The van der Waals surface area contributed by atoms with Crippen molar-refractivity contribution in [1.29, 1.82) is 0 Å². The van der Waals surface area contributed by atoms with Gasteiger partial charge in [0.1, 0.15) is 12.6 Å². The van der Waals surface area contributed by atoms with Crippen LogP contribution in [0.3, 0.4) is 0 Å². The van der Waals surface area contributed by atoms with E-state index in [1.54, 1.807) is 12.7 Å². The fourth-order valence-corrected chi connectivity index (χ4v) is 7.08. The number of rotatable bonds is 7. The van der Waals surface area contributed by atoms with E-state index in [1.165, 1.54) is 0 Å². The molecule has 0 bridgehead atoms. The zero-order valence-corrected chi connectivity index (χ0v) is 19.1. The van der Waals surface area contributed by atoms with Crippen molar-refractivity contribution in [3.8, 4) is 5.88 Å². The minimum absolute atomic E-state index is 0.0520. The Morgan fingerprint density at radius 1 is 1.11 bits per heavy atom. The minimum Gasteiger partial charge on any atom is -0.354 e. The van der Waals surface area contributed by atoms with Crippen LogP contribution in [0.4, 0.5) is 0 Å². The van der Waals surface area contributed by atoms with E-state index in [1.807, 2.05) is 46.9 Å². The molecule has 0 amide bonds. The summed E-state index contributed by atoms with van der Waals surface area (Å²) >= 11 is 0. The van der Waals surface area contributed by atoms with Crippen molar-refractivity contribution in [3.05, 3.63) is 12.7 Å². The number of fused-ring (bicyclic) bond motifs is 1. The lowest BCUT2D eigenvalue weighted by molar-refractivity contribution is -0.00304. The summed E-state index contributed by atoms with van der Waals surface area (Å²) in [7, 11) is 9.85. The van der Waals surface area contributed by atoms with E-state index >= 15 is 0 Å². The highest BCUT2D eigenvalue weighted by Crippen LogP contribution is 2.63. The molecule has 3 rings (SSSR count). The molecule has 28 heavy (non-hydrogen) atoms. The van der Waals surface area contributed by atoms with Crippen LogP contribution in [-0.4, -0.2) is 81.9 Å². The van der Waals surface area contributed by atoms with Gasteiger partial charge in [0, 0.05) is 42.3 Å². The van der Waals surface area contributed by atoms with E-state index in [-0.39, 0.29) is 12.3 Å². The van der Waals surface area contributed by atoms with Crippen molar-refractivity contribution in [1.82, 2.24) is 33.5 Å². The first kappa shape index (κ1) is 21.3. The van der Waals surface area contributed by atoms with Gasteiger partial charge in [-0.25, -0.2) is 9.97 Å². The summed E-state index contributed by atoms with van der Waals surface area (Å²) in [5.74, 6) is 1.01. The molecular weight excluding hydrogens is 377 g/mol. The largest absolute Gasteiger partial charge is 0.418 e. The van der Waals surface area contributed by atoms with Crippen LogP contribution in [0, 0.1) is 5.92 Å². The average Bonchev–Trinajstić information content (AvgIpc) is 3.22. The first-order valence-electron chi connectivity index (χ1n) is 9.67. The van der Waals surface area contributed by atoms with Crippen molar-refractivity contribution in [2.45, 2.75) is 39.0 Å². The summed E-state index contributed by atoms with van der Waals surface area (Å²) in [4.78, 5) is 13.5. The molecule has 1 aliphatic heterocycles. The molecule has 3 heterocycles. The molecule has 10 heteroatoms. The number of imidazole rings is 1. The average molecular weight is 410 g/mol. The van der Waals surface area contributed by atoms with Gasteiger partial charge in [-0.15, -0.1) is 14.0 Å². The minimum atomic E-state index is -2.25. The molecule has 1 aliphatic rings. The smallest absolute Gasteiger partial charge is 0.354 e. The van der Waals surface area contributed by atoms with Gasteiger partial charge in [0.2, 0.25) is 0 Å². The van der Waals surface area contributed by atoms with E-state index in [9.17, 15) is 0 Å². The lowest BCUT2D eigenvalue weighted by atomic mass is 10.0. The van der Waals surface area contributed by atoms with Crippen LogP contribution in [-0.2, 0) is 4.74 Å². The lowest BCUT2D eigenvalue weighted by Crippen LogP contribution is -2.39. The fraction of sp³-hybridized carbons (Fsp3) is 0.722. The van der Waals surface area contributed by atoms with E-state index in [0.29, 0.717) is 17.3 Å². The number of hydrogen-bond acceptors (Lipinski definition) is 8. The molecule has 1 unspecified atom stereocenters. The topological polar surface area (TPSA) is 71.8 Å². The molecule has 0 saturated carbocycles.